The lowest BCUT2D eigenvalue weighted by atomic mass is 10.0. The molecule has 0 amide bonds. The maximum Gasteiger partial charge on any atom is 0.0753 e. The van der Waals surface area contributed by atoms with Gasteiger partial charge in [0.05, 0.1) is 12.7 Å². The molecule has 13 heavy (non-hydrogen) atoms. The predicted molar refractivity (Wildman–Crippen MR) is 55.0 cm³/mol. The molecule has 2 unspecified atom stereocenters. The Morgan fingerprint density at radius 1 is 1.38 bits per heavy atom. The van der Waals surface area contributed by atoms with Crippen LogP contribution in [0.2, 0.25) is 0 Å². The van der Waals surface area contributed by atoms with E-state index < -0.39 is 0 Å². The second-order valence-electron chi connectivity index (χ2n) is 3.52. The number of morpholine rings is 1. The van der Waals surface area contributed by atoms with E-state index >= 15 is 0 Å². The van der Waals surface area contributed by atoms with Crippen molar-refractivity contribution in [2.75, 3.05) is 33.3 Å². The maximum atomic E-state index is 5.64. The number of ether oxygens (including phenoxy) is 1. The average molecular weight is 186 g/mol. The van der Waals surface area contributed by atoms with Crippen LogP contribution in [0.1, 0.15) is 20.3 Å². The van der Waals surface area contributed by atoms with E-state index in [4.69, 9.17) is 4.74 Å². The van der Waals surface area contributed by atoms with Crippen LogP contribution in [-0.2, 0) is 4.74 Å². The molecule has 2 atom stereocenters. The number of likely N-dealkylation sites (N-methyl/N-ethyl adjacent to an activating group) is 1. The second kappa shape index (κ2) is 5.58. The molecule has 0 aromatic rings. The quantitative estimate of drug-likeness (QED) is 0.603. The third-order valence-corrected chi connectivity index (χ3v) is 2.59. The van der Waals surface area contributed by atoms with Crippen LogP contribution in [0.3, 0.4) is 0 Å². The molecule has 3 nitrogen and oxygen atoms in total. The molecule has 0 radical (unpaired) electrons. The molecule has 2 saturated heterocycles. The zero-order valence-electron chi connectivity index (χ0n) is 9.05. The molecule has 0 aromatic heterocycles. The topological polar surface area (TPSA) is 24.5 Å². The first kappa shape index (κ1) is 11.0. The van der Waals surface area contributed by atoms with E-state index in [1.54, 1.807) is 0 Å². The smallest absolute Gasteiger partial charge is 0.0753 e. The zero-order valence-corrected chi connectivity index (χ0v) is 9.05. The van der Waals surface area contributed by atoms with E-state index in [0.29, 0.717) is 12.1 Å². The van der Waals surface area contributed by atoms with Gasteiger partial charge in [0.15, 0.2) is 0 Å². The molecule has 0 aliphatic carbocycles. The Labute approximate surface area is 81.4 Å². The fourth-order valence-corrected chi connectivity index (χ4v) is 1.94. The molecule has 2 heterocycles. The van der Waals surface area contributed by atoms with Gasteiger partial charge < -0.3 is 15.0 Å². The Bertz CT molecular complexity index is 141. The van der Waals surface area contributed by atoms with Crippen LogP contribution in [0.5, 0.6) is 0 Å². The van der Waals surface area contributed by atoms with E-state index in [9.17, 15) is 0 Å². The van der Waals surface area contributed by atoms with Crippen LogP contribution in [0.4, 0.5) is 0 Å². The summed E-state index contributed by atoms with van der Waals surface area (Å²) < 4.78 is 5.64. The van der Waals surface area contributed by atoms with E-state index in [1.807, 2.05) is 13.8 Å². The molecule has 2 rings (SSSR count). The highest BCUT2D eigenvalue weighted by Crippen LogP contribution is 2.15. The predicted octanol–water partition coefficient (Wildman–Crippen LogP) is 0.705. The van der Waals surface area contributed by atoms with Crippen LogP contribution in [-0.4, -0.2) is 50.3 Å². The summed E-state index contributed by atoms with van der Waals surface area (Å²) in [7, 11) is 2.17. The van der Waals surface area contributed by atoms with Crippen molar-refractivity contribution in [3.8, 4) is 0 Å². The van der Waals surface area contributed by atoms with Crippen LogP contribution < -0.4 is 5.32 Å². The van der Waals surface area contributed by atoms with Crippen LogP contribution >= 0.6 is 0 Å². The molecule has 2 aliphatic rings. The minimum Gasteiger partial charge on any atom is -0.375 e. The maximum absolute atomic E-state index is 5.64. The van der Waals surface area contributed by atoms with Gasteiger partial charge in [-0.05, 0) is 13.5 Å². The summed E-state index contributed by atoms with van der Waals surface area (Å²) in [6.07, 6.45) is 1.67. The summed E-state index contributed by atoms with van der Waals surface area (Å²) in [6.45, 7) is 8.24. The van der Waals surface area contributed by atoms with Gasteiger partial charge >= 0.3 is 0 Å². The lowest BCUT2D eigenvalue weighted by Crippen LogP contribution is -2.57. The van der Waals surface area contributed by atoms with Crippen molar-refractivity contribution in [2.24, 2.45) is 0 Å². The summed E-state index contributed by atoms with van der Waals surface area (Å²) in [6, 6.07) is 0.586. The first-order chi connectivity index (χ1) is 6.36. The summed E-state index contributed by atoms with van der Waals surface area (Å²) >= 11 is 0. The summed E-state index contributed by atoms with van der Waals surface area (Å²) in [5, 5.41) is 3.48. The third kappa shape index (κ3) is 2.93. The number of likely N-dealkylation sites (tertiary alicyclic amines) is 1. The molecule has 3 heteroatoms. The van der Waals surface area contributed by atoms with Crippen molar-refractivity contribution >= 4 is 0 Å². The highest BCUT2D eigenvalue weighted by Gasteiger charge is 2.29. The van der Waals surface area contributed by atoms with Crippen LogP contribution in [0.15, 0.2) is 0 Å². The van der Waals surface area contributed by atoms with E-state index in [2.05, 4.69) is 17.3 Å². The Morgan fingerprint density at radius 3 is 2.92 bits per heavy atom. The lowest BCUT2D eigenvalue weighted by Gasteiger charge is -2.40. The highest BCUT2D eigenvalue weighted by molar-refractivity contribution is 4.87. The van der Waals surface area contributed by atoms with E-state index in [0.717, 1.165) is 19.7 Å². The number of piperidine rings is 1. The molecular weight excluding hydrogens is 164 g/mol. The van der Waals surface area contributed by atoms with Gasteiger partial charge in [0.25, 0.3) is 0 Å². The van der Waals surface area contributed by atoms with Gasteiger partial charge in [0, 0.05) is 25.7 Å². The van der Waals surface area contributed by atoms with Gasteiger partial charge in [-0.2, -0.15) is 0 Å². The Kier molecular flexibility index (Phi) is 4.70. The normalized spacial score (nSPS) is 34.4. The second-order valence-corrected chi connectivity index (χ2v) is 3.52. The Balaban J connectivity index is 0.000000396. The molecule has 1 N–H and O–H groups in total. The van der Waals surface area contributed by atoms with Gasteiger partial charge in [0.1, 0.15) is 0 Å². The monoisotopic (exact) mass is 186 g/mol. The number of hydrogen-bond acceptors (Lipinski definition) is 3. The van der Waals surface area contributed by atoms with Gasteiger partial charge in [-0.1, -0.05) is 13.8 Å². The van der Waals surface area contributed by atoms with Crippen LogP contribution in [0.25, 0.3) is 0 Å². The fraction of sp³-hybridized carbons (Fsp3) is 1.00. The summed E-state index contributed by atoms with van der Waals surface area (Å²) in [5.41, 5.74) is 0. The number of hydrogen-bond donors (Lipinski definition) is 1. The number of rotatable bonds is 0. The third-order valence-electron chi connectivity index (χ3n) is 2.59. The first-order valence-corrected chi connectivity index (χ1v) is 5.40. The largest absolute Gasteiger partial charge is 0.375 e. The summed E-state index contributed by atoms with van der Waals surface area (Å²) in [4.78, 5) is 2.36. The zero-order chi connectivity index (χ0) is 9.68. The van der Waals surface area contributed by atoms with Crippen molar-refractivity contribution in [1.82, 2.24) is 10.2 Å². The molecule has 0 bridgehead atoms. The molecule has 0 aromatic carbocycles. The highest BCUT2D eigenvalue weighted by atomic mass is 16.5. The Morgan fingerprint density at radius 2 is 2.15 bits per heavy atom. The fourth-order valence-electron chi connectivity index (χ4n) is 1.94. The molecule has 2 fully saturated rings. The number of nitrogens with zero attached hydrogens (tertiary/aromatic N) is 1. The average Bonchev–Trinajstić information content (AvgIpc) is 2.21. The standard InChI is InChI=1S/C8H16N2O.C2H6/c1-10-4-2-8-7(6-10)9-3-5-11-8;1-2/h7-9H,2-6H2,1H3;1-2H3. The molecule has 0 saturated carbocycles. The minimum absolute atomic E-state index is 0.486. The Hall–Kier alpha value is -0.120. The van der Waals surface area contributed by atoms with Crippen molar-refractivity contribution in [2.45, 2.75) is 32.4 Å². The van der Waals surface area contributed by atoms with Gasteiger partial charge in [0.2, 0.25) is 0 Å². The van der Waals surface area contributed by atoms with Gasteiger partial charge in [-0.25, -0.2) is 0 Å². The molecule has 0 spiro atoms. The number of nitrogens with one attached hydrogen (secondary N) is 1. The van der Waals surface area contributed by atoms with E-state index in [1.165, 1.54) is 13.0 Å². The minimum atomic E-state index is 0.486. The molecule has 78 valence electrons. The first-order valence-electron chi connectivity index (χ1n) is 5.40. The van der Waals surface area contributed by atoms with E-state index in [-0.39, 0.29) is 0 Å². The summed E-state index contributed by atoms with van der Waals surface area (Å²) in [5.74, 6) is 0. The van der Waals surface area contributed by atoms with Crippen molar-refractivity contribution in [3.05, 3.63) is 0 Å². The SMILES string of the molecule is CC.CN1CCC2OCCNC2C1. The molecular formula is C10H22N2O. The van der Waals surface area contributed by atoms with Crippen molar-refractivity contribution in [3.63, 3.8) is 0 Å². The van der Waals surface area contributed by atoms with Crippen molar-refractivity contribution < 1.29 is 4.74 Å². The lowest BCUT2D eigenvalue weighted by molar-refractivity contribution is -0.0385. The number of fused-ring (bicyclic) bond motifs is 1. The van der Waals surface area contributed by atoms with Gasteiger partial charge in [-0.3, -0.25) is 0 Å². The molecule has 2 aliphatic heterocycles. The van der Waals surface area contributed by atoms with Gasteiger partial charge in [-0.15, -0.1) is 0 Å². The van der Waals surface area contributed by atoms with Crippen molar-refractivity contribution in [1.29, 1.82) is 0 Å². The van der Waals surface area contributed by atoms with Crippen LogP contribution in [0, 0.1) is 0 Å².